The molecule has 12 bridgehead atoms. The average molecular weight is 1320 g/mol. The lowest BCUT2D eigenvalue weighted by Gasteiger charge is -2.35. The zero-order valence-corrected chi connectivity index (χ0v) is 53.2. The van der Waals surface area contributed by atoms with Crippen LogP contribution in [-0.4, -0.2) is 127 Å². The molecule has 0 aromatic carbocycles. The molecule has 0 aromatic heterocycles. The normalized spacial score (nSPS) is 39.3. The van der Waals surface area contributed by atoms with Crippen molar-refractivity contribution in [1.82, 2.24) is 0 Å². The van der Waals surface area contributed by atoms with Crippen molar-refractivity contribution in [2.24, 2.45) is 88.3 Å². The number of halogens is 9. The summed E-state index contributed by atoms with van der Waals surface area (Å²) in [5, 5.41) is 28.2. The minimum atomic E-state index is -4.52. The summed E-state index contributed by atoms with van der Waals surface area (Å²) in [5.74, 6) is 1.61. The van der Waals surface area contributed by atoms with Crippen molar-refractivity contribution >= 4 is 11.9 Å². The Morgan fingerprint density at radius 3 is 1.65 bits per heavy atom. The minimum absolute atomic E-state index is 0.00313. The Labute approximate surface area is 535 Å². The van der Waals surface area contributed by atoms with Gasteiger partial charge in [0, 0.05) is 30.3 Å². The van der Waals surface area contributed by atoms with Gasteiger partial charge in [0.15, 0.2) is 29.0 Å². The molecule has 3 N–H and O–H groups in total. The Balaban J connectivity index is 0.000000139. The summed E-state index contributed by atoms with van der Waals surface area (Å²) in [6, 6.07) is 0. The molecule has 6 heterocycles. The van der Waals surface area contributed by atoms with Gasteiger partial charge in [-0.2, -0.15) is 39.5 Å². The predicted octanol–water partition coefficient (Wildman–Crippen LogP) is 14.3. The van der Waals surface area contributed by atoms with Crippen molar-refractivity contribution < 1.29 is 102 Å². The number of alkyl halides is 9. The van der Waals surface area contributed by atoms with Gasteiger partial charge in [0.1, 0.15) is 6.10 Å². The lowest BCUT2D eigenvalue weighted by molar-refractivity contribution is -0.274. The van der Waals surface area contributed by atoms with Gasteiger partial charge in [0.05, 0.1) is 76.5 Å². The van der Waals surface area contributed by atoms with Crippen molar-refractivity contribution in [2.75, 3.05) is 40.1 Å². The molecule has 13 nitrogen and oxygen atoms in total. The standard InChI is InChI=1S/C15H16O5.C11H15F3O.C10H13F3O.C10H14O.C8H9F3O.C5H8O.C4H6O.C4H8O.C3H6O/c16-14(8-4-6-1-2-7(8)3-6)19-12-10-5-9-11(18-10)13(12)20-15(9)17;1-10(15,11(12,13)14)6-9-5-7-2-3-8(9)4-7;1-9(14,10(11,12)13)8-5-6-2-3-7(8)4-6;1-2-9-5-8(1)6-10(9)3-4-11-7-10;9-8(10,11)7(12)4-5-1-2-6(7)3-5;1-2-4-6-5-3-1;1-2-4-5-3-1;1-3-5-4-2;1-3-4-2/h1-2,6-13H,3-5H2;2-3,7-9,15H,4-6H2,1H3;2-3,6-8,14H,4-5H2,1H3;1-2,8-9H,3-7H2;1-2,5-6,12H,3-4H2;2,4H,1,3,5H2;1,3H,2,4H2;3H,1,4H2,2H3;3H,1H2,2H3. The smallest absolute Gasteiger partial charge is 0.417 e. The topological polar surface area (TPSA) is 169 Å². The number of ether oxygens (including phenoxy) is 8. The number of methoxy groups -OCH3 is 1. The molecule has 9 fully saturated rings. The fourth-order valence-electron chi connectivity index (χ4n) is 16.3. The molecular formula is C70H95F9O13. The van der Waals surface area contributed by atoms with E-state index < -0.39 is 53.3 Å². The largest absolute Gasteiger partial charge is 0.505 e. The first-order chi connectivity index (χ1) is 43.5. The summed E-state index contributed by atoms with van der Waals surface area (Å²) in [7, 11) is 1.56. The second-order valence-electron chi connectivity index (χ2n) is 27.6. The average Bonchev–Trinajstić information content (AvgIpc) is 1.58. The molecule has 4 saturated heterocycles. The van der Waals surface area contributed by atoms with Crippen molar-refractivity contribution in [3.05, 3.63) is 111 Å². The van der Waals surface area contributed by atoms with E-state index in [0.717, 1.165) is 97.2 Å². The first-order valence-electron chi connectivity index (χ1n) is 32.8. The van der Waals surface area contributed by atoms with Crippen LogP contribution in [0.5, 0.6) is 0 Å². The van der Waals surface area contributed by atoms with Gasteiger partial charge in [-0.3, -0.25) is 9.59 Å². The van der Waals surface area contributed by atoms with E-state index in [1.54, 1.807) is 25.7 Å². The van der Waals surface area contributed by atoms with E-state index in [2.05, 4.69) is 53.0 Å². The van der Waals surface area contributed by atoms with E-state index in [0.29, 0.717) is 42.4 Å². The van der Waals surface area contributed by atoms with Gasteiger partial charge < -0.3 is 53.2 Å². The number of fused-ring (bicyclic) bond motifs is 12. The highest BCUT2D eigenvalue weighted by Crippen LogP contribution is 2.57. The minimum Gasteiger partial charge on any atom is -0.505 e. The number of aliphatic hydroxyl groups is 3. The SMILES string of the molecule is C1=CC2CC1CC21CCOC1.C1=COCC1.C1=COCCC1.C=COC.C=COCC.CC(O)(C1CC2C=CC1C2)C(F)(F)F.CC(O)(CC1CC2C=CC1C2)C(F)(F)F.O=C(OC1C2CC3C(=O)OC1C3O2)C1CC2C=CC1C2.OC1(C(F)(F)F)CC2C=CC1C2. The second kappa shape index (κ2) is 30.8. The van der Waals surface area contributed by atoms with Crippen molar-refractivity contribution in [1.29, 1.82) is 0 Å². The zero-order valence-electron chi connectivity index (χ0n) is 53.2. The molecule has 5 saturated carbocycles. The van der Waals surface area contributed by atoms with Crippen LogP contribution in [0.4, 0.5) is 39.5 Å². The molecule has 22 unspecified atom stereocenters. The van der Waals surface area contributed by atoms with Gasteiger partial charge in [-0.05, 0) is 188 Å². The molecule has 6 aliphatic heterocycles. The van der Waals surface area contributed by atoms with Crippen molar-refractivity contribution in [3.8, 4) is 0 Å². The molecule has 0 aromatic rings. The Hall–Kier alpha value is -5.03. The maximum absolute atomic E-state index is 12.5. The van der Waals surface area contributed by atoms with Gasteiger partial charge in [-0.1, -0.05) is 73.9 Å². The Morgan fingerprint density at radius 1 is 0.685 bits per heavy atom. The number of hydrogen-bond donors (Lipinski definition) is 3. The molecule has 0 radical (unpaired) electrons. The van der Waals surface area contributed by atoms with E-state index >= 15 is 0 Å². The highest BCUT2D eigenvalue weighted by Gasteiger charge is 2.66. The Kier molecular flexibility index (Phi) is 24.4. The molecule has 22 heteroatoms. The van der Waals surface area contributed by atoms with E-state index in [4.69, 9.17) is 28.4 Å². The predicted molar refractivity (Wildman–Crippen MR) is 324 cm³/mol. The fraction of sp³-hybridized carbons (Fsp3) is 0.714. The Morgan fingerprint density at radius 2 is 1.28 bits per heavy atom. The summed E-state index contributed by atoms with van der Waals surface area (Å²) in [4.78, 5) is 24.0. The molecule has 1 spiro atoms. The van der Waals surface area contributed by atoms with E-state index in [9.17, 15) is 64.4 Å². The first-order valence-corrected chi connectivity index (χ1v) is 32.8. The third-order valence-electron chi connectivity index (χ3n) is 21.4. The molecular weight excluding hydrogens is 1220 g/mol. The number of rotatable bonds is 8. The van der Waals surface area contributed by atoms with Crippen LogP contribution in [0.25, 0.3) is 0 Å². The van der Waals surface area contributed by atoms with E-state index in [1.165, 1.54) is 50.7 Å². The van der Waals surface area contributed by atoms with Crippen LogP contribution in [0.3, 0.4) is 0 Å². The number of carbonyl (C=O) groups excluding carboxylic acids is 2. The van der Waals surface area contributed by atoms with Gasteiger partial charge >= 0.3 is 30.5 Å². The highest BCUT2D eigenvalue weighted by atomic mass is 19.4. The Bertz CT molecular complexity index is 2660. The number of hydrogen-bond acceptors (Lipinski definition) is 13. The lowest BCUT2D eigenvalue weighted by atomic mass is 9.75. The zero-order chi connectivity index (χ0) is 66.9. The molecule has 516 valence electrons. The van der Waals surface area contributed by atoms with Crippen LogP contribution in [0.1, 0.15) is 124 Å². The van der Waals surface area contributed by atoms with Crippen LogP contribution in [0, 0.1) is 88.3 Å². The van der Waals surface area contributed by atoms with Crippen LogP contribution in [0.2, 0.25) is 0 Å². The van der Waals surface area contributed by atoms with Gasteiger partial charge in [-0.25, -0.2) is 0 Å². The lowest BCUT2D eigenvalue weighted by Crippen LogP contribution is -2.50. The third kappa shape index (κ3) is 17.1. The van der Waals surface area contributed by atoms with Gasteiger partial charge in [0.25, 0.3) is 0 Å². The maximum atomic E-state index is 12.5. The maximum Gasteiger partial charge on any atom is 0.417 e. The van der Waals surface area contributed by atoms with Crippen molar-refractivity contribution in [2.45, 2.75) is 183 Å². The summed E-state index contributed by atoms with van der Waals surface area (Å²) in [6.45, 7) is 14.9. The number of esters is 2. The van der Waals surface area contributed by atoms with Gasteiger partial charge in [0.2, 0.25) is 0 Å². The summed E-state index contributed by atoms with van der Waals surface area (Å²) in [5.41, 5.74) is -6.90. The van der Waals surface area contributed by atoms with Crippen LogP contribution < -0.4 is 0 Å². The highest BCUT2D eigenvalue weighted by molar-refractivity contribution is 5.78. The van der Waals surface area contributed by atoms with Crippen LogP contribution >= 0.6 is 0 Å². The summed E-state index contributed by atoms with van der Waals surface area (Å²) < 4.78 is 153. The molecule has 22 atom stereocenters. The molecule has 10 aliphatic carbocycles. The van der Waals surface area contributed by atoms with Crippen molar-refractivity contribution in [3.63, 3.8) is 0 Å². The summed E-state index contributed by atoms with van der Waals surface area (Å²) in [6.07, 6.45) is 29.5. The number of allylic oxidation sites excluding steroid dienone is 10. The first kappa shape index (κ1) is 72.8. The fourth-order valence-corrected chi connectivity index (χ4v) is 16.3. The van der Waals surface area contributed by atoms with Crippen LogP contribution in [-0.2, 0) is 47.5 Å². The van der Waals surface area contributed by atoms with E-state index in [1.807, 2.05) is 37.3 Å². The van der Waals surface area contributed by atoms with Crippen LogP contribution in [0.15, 0.2) is 111 Å². The quantitative estimate of drug-likeness (QED) is 0.0909. The molecule has 16 rings (SSSR count). The second-order valence-corrected chi connectivity index (χ2v) is 27.6. The molecule has 0 amide bonds. The summed E-state index contributed by atoms with van der Waals surface area (Å²) >= 11 is 0. The molecule has 92 heavy (non-hydrogen) atoms. The van der Waals surface area contributed by atoms with E-state index in [-0.39, 0.29) is 84.5 Å². The molecule has 16 aliphatic rings. The van der Waals surface area contributed by atoms with Gasteiger partial charge in [-0.15, -0.1) is 0 Å². The monoisotopic (exact) mass is 1310 g/mol. The third-order valence-corrected chi connectivity index (χ3v) is 21.4. The number of carbonyl (C=O) groups is 2.